The molecule has 0 spiro atoms. The van der Waals surface area contributed by atoms with Crippen LogP contribution in [0.2, 0.25) is 5.02 Å². The van der Waals surface area contributed by atoms with Crippen molar-refractivity contribution in [2.45, 2.75) is 0 Å². The Labute approximate surface area is 153 Å². The van der Waals surface area contributed by atoms with E-state index in [2.05, 4.69) is 27.1 Å². The van der Waals surface area contributed by atoms with Crippen LogP contribution in [0.15, 0.2) is 47.6 Å². The van der Waals surface area contributed by atoms with Gasteiger partial charge in [0, 0.05) is 35.4 Å². The summed E-state index contributed by atoms with van der Waals surface area (Å²) in [6, 6.07) is 13.7. The lowest BCUT2D eigenvalue weighted by Gasteiger charge is -2.34. The van der Waals surface area contributed by atoms with E-state index in [1.807, 2.05) is 36.5 Å². The molecule has 0 saturated carbocycles. The summed E-state index contributed by atoms with van der Waals surface area (Å²) < 4.78 is 10.6. The van der Waals surface area contributed by atoms with Crippen molar-refractivity contribution in [3.63, 3.8) is 0 Å². The van der Waals surface area contributed by atoms with E-state index in [1.165, 1.54) is 5.69 Å². The number of ether oxygens (including phenoxy) is 2. The molecule has 0 aromatic heterocycles. The van der Waals surface area contributed by atoms with Crippen molar-refractivity contribution in [1.29, 1.82) is 0 Å². The van der Waals surface area contributed by atoms with Crippen LogP contribution in [0.4, 0.5) is 5.69 Å². The fraction of sp³-hybridized carbons (Fsp3) is 0.316. The van der Waals surface area contributed by atoms with Gasteiger partial charge in [0.05, 0.1) is 33.5 Å². The molecule has 1 fully saturated rings. The van der Waals surface area contributed by atoms with Crippen molar-refractivity contribution in [2.75, 3.05) is 45.3 Å². The van der Waals surface area contributed by atoms with Crippen LogP contribution in [0, 0.1) is 0 Å². The highest BCUT2D eigenvalue weighted by molar-refractivity contribution is 6.30. The SMILES string of the molecule is COc1ccc(/C=N\N2CCN(c3ccc(Cl)cc3)CC2)c(OC)c1. The molecule has 25 heavy (non-hydrogen) atoms. The van der Waals surface area contributed by atoms with E-state index >= 15 is 0 Å². The van der Waals surface area contributed by atoms with Crippen LogP contribution in [0.5, 0.6) is 11.5 Å². The van der Waals surface area contributed by atoms with Crippen LogP contribution in [0.3, 0.4) is 0 Å². The van der Waals surface area contributed by atoms with E-state index in [4.69, 9.17) is 21.1 Å². The molecule has 2 aromatic rings. The lowest BCUT2D eigenvalue weighted by atomic mass is 10.2. The minimum atomic E-state index is 0.753. The molecule has 3 rings (SSSR count). The summed E-state index contributed by atoms with van der Waals surface area (Å²) in [5, 5.41) is 7.44. The molecule has 0 amide bonds. The van der Waals surface area contributed by atoms with Gasteiger partial charge in [0.25, 0.3) is 0 Å². The van der Waals surface area contributed by atoms with E-state index < -0.39 is 0 Å². The maximum Gasteiger partial charge on any atom is 0.131 e. The standard InChI is InChI=1S/C19H22ClN3O2/c1-24-18-8-3-15(19(13-18)25-2)14-21-23-11-9-22(10-12-23)17-6-4-16(20)5-7-17/h3-8,13-14H,9-12H2,1-2H3/b21-14-. The molecule has 0 N–H and O–H groups in total. The van der Waals surface area contributed by atoms with Crippen LogP contribution in [0.1, 0.15) is 5.56 Å². The maximum absolute atomic E-state index is 5.95. The van der Waals surface area contributed by atoms with Crippen molar-refractivity contribution in [2.24, 2.45) is 5.10 Å². The van der Waals surface area contributed by atoms with Gasteiger partial charge in [0.1, 0.15) is 11.5 Å². The van der Waals surface area contributed by atoms with Crippen molar-refractivity contribution < 1.29 is 9.47 Å². The summed E-state index contributed by atoms with van der Waals surface area (Å²) in [5.41, 5.74) is 2.13. The Hall–Kier alpha value is -2.40. The number of hydrogen-bond donors (Lipinski definition) is 0. The van der Waals surface area contributed by atoms with E-state index in [-0.39, 0.29) is 0 Å². The zero-order valence-corrected chi connectivity index (χ0v) is 15.2. The normalized spacial score (nSPS) is 14.8. The first kappa shape index (κ1) is 17.4. The fourth-order valence-corrected chi connectivity index (χ4v) is 2.92. The van der Waals surface area contributed by atoms with Gasteiger partial charge in [-0.25, -0.2) is 0 Å². The maximum atomic E-state index is 5.95. The first-order valence-electron chi connectivity index (χ1n) is 8.21. The zero-order chi connectivity index (χ0) is 17.6. The van der Waals surface area contributed by atoms with E-state index in [1.54, 1.807) is 14.2 Å². The smallest absolute Gasteiger partial charge is 0.131 e. The fourth-order valence-electron chi connectivity index (χ4n) is 2.79. The molecule has 0 radical (unpaired) electrons. The van der Waals surface area contributed by atoms with Crippen molar-refractivity contribution >= 4 is 23.5 Å². The molecule has 6 heteroatoms. The number of benzene rings is 2. The average Bonchev–Trinajstić information content (AvgIpc) is 2.67. The van der Waals surface area contributed by atoms with Gasteiger partial charge in [-0.05, 0) is 36.4 Å². The monoisotopic (exact) mass is 359 g/mol. The summed E-state index contributed by atoms with van der Waals surface area (Å²) in [5.74, 6) is 1.52. The minimum Gasteiger partial charge on any atom is -0.497 e. The molecule has 132 valence electrons. The second-order valence-electron chi connectivity index (χ2n) is 5.77. The summed E-state index contributed by atoms with van der Waals surface area (Å²) in [6.45, 7) is 3.60. The third-order valence-electron chi connectivity index (χ3n) is 4.25. The highest BCUT2D eigenvalue weighted by atomic mass is 35.5. The Balaban J connectivity index is 1.60. The van der Waals surface area contributed by atoms with Crippen LogP contribution in [0.25, 0.3) is 0 Å². The average molecular weight is 360 g/mol. The number of hydrazone groups is 1. The second kappa shape index (κ2) is 8.12. The van der Waals surface area contributed by atoms with Gasteiger partial charge in [-0.3, -0.25) is 5.01 Å². The van der Waals surface area contributed by atoms with Crippen LogP contribution >= 0.6 is 11.6 Å². The van der Waals surface area contributed by atoms with Gasteiger partial charge >= 0.3 is 0 Å². The van der Waals surface area contributed by atoms with Gasteiger partial charge in [-0.1, -0.05) is 11.6 Å². The quantitative estimate of drug-likeness (QED) is 0.765. The predicted octanol–water partition coefficient (Wildman–Crippen LogP) is 3.51. The number of nitrogens with zero attached hydrogens (tertiary/aromatic N) is 3. The zero-order valence-electron chi connectivity index (χ0n) is 14.5. The van der Waals surface area contributed by atoms with E-state index in [0.717, 1.165) is 48.3 Å². The second-order valence-corrected chi connectivity index (χ2v) is 6.21. The Bertz CT molecular complexity index is 726. The highest BCUT2D eigenvalue weighted by Gasteiger charge is 2.15. The first-order chi connectivity index (χ1) is 12.2. The number of hydrogen-bond acceptors (Lipinski definition) is 5. The molecular weight excluding hydrogens is 338 g/mol. The number of halogens is 1. The molecule has 0 atom stereocenters. The number of piperazine rings is 1. The molecule has 5 nitrogen and oxygen atoms in total. The Morgan fingerprint density at radius 3 is 2.32 bits per heavy atom. The van der Waals surface area contributed by atoms with Crippen LogP contribution in [-0.2, 0) is 0 Å². The minimum absolute atomic E-state index is 0.753. The lowest BCUT2D eigenvalue weighted by Crippen LogP contribution is -2.44. The lowest BCUT2D eigenvalue weighted by molar-refractivity contribution is 0.272. The van der Waals surface area contributed by atoms with Gasteiger partial charge in [0.15, 0.2) is 0 Å². The third-order valence-corrected chi connectivity index (χ3v) is 4.50. The summed E-state index contributed by atoms with van der Waals surface area (Å²) >= 11 is 5.95. The molecule has 1 heterocycles. The summed E-state index contributed by atoms with van der Waals surface area (Å²) in [7, 11) is 3.29. The van der Waals surface area contributed by atoms with Gasteiger partial charge < -0.3 is 14.4 Å². The molecule has 1 aliphatic rings. The van der Waals surface area contributed by atoms with Crippen LogP contribution in [-0.4, -0.2) is 51.6 Å². The Morgan fingerprint density at radius 1 is 0.960 bits per heavy atom. The molecular formula is C19H22ClN3O2. The number of rotatable bonds is 5. The summed E-state index contributed by atoms with van der Waals surface area (Å²) in [4.78, 5) is 2.34. The Kier molecular flexibility index (Phi) is 5.66. The van der Waals surface area contributed by atoms with E-state index in [0.29, 0.717) is 0 Å². The highest BCUT2D eigenvalue weighted by Crippen LogP contribution is 2.23. The van der Waals surface area contributed by atoms with Gasteiger partial charge in [-0.2, -0.15) is 5.10 Å². The topological polar surface area (TPSA) is 37.3 Å². The molecule has 2 aromatic carbocycles. The van der Waals surface area contributed by atoms with Gasteiger partial charge in [0.2, 0.25) is 0 Å². The predicted molar refractivity (Wildman–Crippen MR) is 102 cm³/mol. The largest absolute Gasteiger partial charge is 0.497 e. The summed E-state index contributed by atoms with van der Waals surface area (Å²) in [6.07, 6.45) is 1.84. The van der Waals surface area contributed by atoms with Crippen molar-refractivity contribution in [3.8, 4) is 11.5 Å². The van der Waals surface area contributed by atoms with Crippen LogP contribution < -0.4 is 14.4 Å². The first-order valence-corrected chi connectivity index (χ1v) is 8.59. The third kappa shape index (κ3) is 4.37. The molecule has 0 unspecified atom stereocenters. The molecule has 0 aliphatic carbocycles. The Morgan fingerprint density at radius 2 is 1.68 bits per heavy atom. The van der Waals surface area contributed by atoms with Gasteiger partial charge in [-0.15, -0.1) is 0 Å². The molecule has 0 bridgehead atoms. The molecule has 1 aliphatic heterocycles. The number of methoxy groups -OCH3 is 2. The van der Waals surface area contributed by atoms with Crippen molar-refractivity contribution in [1.82, 2.24) is 5.01 Å². The number of anilines is 1. The van der Waals surface area contributed by atoms with Crippen molar-refractivity contribution in [3.05, 3.63) is 53.1 Å². The van der Waals surface area contributed by atoms with E-state index in [9.17, 15) is 0 Å². The molecule has 1 saturated heterocycles.